The Morgan fingerprint density at radius 2 is 1.93 bits per heavy atom. The van der Waals surface area contributed by atoms with E-state index in [9.17, 15) is 19.1 Å². The van der Waals surface area contributed by atoms with E-state index in [1.54, 1.807) is 19.1 Å². The highest BCUT2D eigenvalue weighted by molar-refractivity contribution is 5.92. The number of aliphatic carboxylic acids is 1. The first kappa shape index (κ1) is 22.4. The molecule has 0 spiro atoms. The number of carboxylic acids is 1. The normalized spacial score (nSPS) is 11.7. The number of carbonyl (C=O) groups excluding carboxylic acids is 1. The van der Waals surface area contributed by atoms with Gasteiger partial charge >= 0.3 is 5.97 Å². The monoisotopic (exact) mass is 401 g/mol. The van der Waals surface area contributed by atoms with Crippen molar-refractivity contribution >= 4 is 17.6 Å². The van der Waals surface area contributed by atoms with Crippen LogP contribution in [0.25, 0.3) is 0 Å². The third-order valence-electron chi connectivity index (χ3n) is 4.66. The van der Waals surface area contributed by atoms with Crippen molar-refractivity contribution in [3.8, 4) is 5.75 Å². The summed E-state index contributed by atoms with van der Waals surface area (Å²) in [6.45, 7) is 6.10. The summed E-state index contributed by atoms with van der Waals surface area (Å²) in [7, 11) is 0. The molecular formula is C23H28FNO4. The van der Waals surface area contributed by atoms with Gasteiger partial charge in [0.25, 0.3) is 0 Å². The molecule has 1 amide bonds. The van der Waals surface area contributed by atoms with Gasteiger partial charge < -0.3 is 15.2 Å². The van der Waals surface area contributed by atoms with E-state index in [-0.39, 0.29) is 18.0 Å². The van der Waals surface area contributed by atoms with Crippen LogP contribution in [0.4, 0.5) is 10.1 Å². The number of amides is 1. The predicted molar refractivity (Wildman–Crippen MR) is 111 cm³/mol. The largest absolute Gasteiger partial charge is 0.493 e. The molecule has 0 aliphatic carbocycles. The van der Waals surface area contributed by atoms with Crippen molar-refractivity contribution < 1.29 is 23.8 Å². The molecule has 2 aromatic carbocycles. The van der Waals surface area contributed by atoms with Crippen molar-refractivity contribution in [3.63, 3.8) is 0 Å². The predicted octanol–water partition coefficient (Wildman–Crippen LogP) is 4.76. The van der Waals surface area contributed by atoms with Gasteiger partial charge in [-0.25, -0.2) is 4.39 Å². The lowest BCUT2D eigenvalue weighted by molar-refractivity contribution is -0.141. The lowest BCUT2D eigenvalue weighted by Crippen LogP contribution is -2.17. The van der Waals surface area contributed by atoms with Crippen LogP contribution in [0.3, 0.4) is 0 Å². The second-order valence-electron chi connectivity index (χ2n) is 7.15. The zero-order valence-corrected chi connectivity index (χ0v) is 17.1. The molecule has 1 unspecified atom stereocenters. The first-order chi connectivity index (χ1) is 13.8. The summed E-state index contributed by atoms with van der Waals surface area (Å²) in [5, 5.41) is 11.9. The van der Waals surface area contributed by atoms with Gasteiger partial charge in [-0.05, 0) is 55.5 Å². The second-order valence-corrected chi connectivity index (χ2v) is 7.15. The number of hydrogen-bond donors (Lipinski definition) is 2. The molecule has 29 heavy (non-hydrogen) atoms. The fourth-order valence-electron chi connectivity index (χ4n) is 3.03. The highest BCUT2D eigenvalue weighted by Gasteiger charge is 2.18. The van der Waals surface area contributed by atoms with Crippen LogP contribution in [0.2, 0.25) is 0 Å². The van der Waals surface area contributed by atoms with Crippen LogP contribution in [-0.2, 0) is 22.4 Å². The minimum absolute atomic E-state index is 0.00403. The van der Waals surface area contributed by atoms with Crippen LogP contribution in [0.1, 0.15) is 43.4 Å². The molecule has 2 rings (SSSR count). The number of halogens is 1. The van der Waals surface area contributed by atoms with Gasteiger partial charge in [0.05, 0.1) is 24.6 Å². The number of hydrogen-bond acceptors (Lipinski definition) is 3. The summed E-state index contributed by atoms with van der Waals surface area (Å²) < 4.78 is 19.8. The van der Waals surface area contributed by atoms with Crippen molar-refractivity contribution in [2.75, 3.05) is 11.9 Å². The summed E-state index contributed by atoms with van der Waals surface area (Å²) in [6, 6.07) is 10.0. The maximum absolute atomic E-state index is 14.0. The Kier molecular flexibility index (Phi) is 8.19. The lowest BCUT2D eigenvalue weighted by atomic mass is 9.95. The van der Waals surface area contributed by atoms with Gasteiger partial charge in [-0.1, -0.05) is 32.0 Å². The first-order valence-corrected chi connectivity index (χ1v) is 9.87. The molecule has 0 saturated heterocycles. The Morgan fingerprint density at radius 1 is 1.17 bits per heavy atom. The summed E-state index contributed by atoms with van der Waals surface area (Å²) in [6.07, 6.45) is 1.72. The molecule has 156 valence electrons. The molecule has 6 heteroatoms. The molecule has 0 aromatic heterocycles. The quantitative estimate of drug-likeness (QED) is 0.602. The molecule has 5 nitrogen and oxygen atoms in total. The average molecular weight is 401 g/mol. The molecule has 1 atom stereocenters. The molecule has 0 radical (unpaired) electrons. The number of nitrogens with one attached hydrogen (secondary N) is 1. The number of rotatable bonds is 10. The number of carboxylic acid groups (broad SMARTS) is 1. The average Bonchev–Trinajstić information content (AvgIpc) is 2.67. The van der Waals surface area contributed by atoms with Gasteiger partial charge in [0.15, 0.2) is 0 Å². The molecule has 0 aliphatic heterocycles. The van der Waals surface area contributed by atoms with E-state index in [4.69, 9.17) is 4.74 Å². The minimum atomic E-state index is -0.840. The van der Waals surface area contributed by atoms with Crippen LogP contribution < -0.4 is 10.1 Å². The van der Waals surface area contributed by atoms with Crippen molar-refractivity contribution in [2.45, 2.75) is 46.5 Å². The van der Waals surface area contributed by atoms with Gasteiger partial charge in [-0.2, -0.15) is 0 Å². The fraction of sp³-hybridized carbons (Fsp3) is 0.391. The highest BCUT2D eigenvalue weighted by Crippen LogP contribution is 2.24. The van der Waals surface area contributed by atoms with E-state index in [2.05, 4.69) is 5.32 Å². The third-order valence-corrected chi connectivity index (χ3v) is 4.66. The molecule has 0 bridgehead atoms. The number of ether oxygens (including phenoxy) is 1. The van der Waals surface area contributed by atoms with Crippen molar-refractivity contribution in [3.05, 3.63) is 58.9 Å². The first-order valence-electron chi connectivity index (χ1n) is 9.87. The van der Waals surface area contributed by atoms with Crippen LogP contribution in [0, 0.1) is 18.7 Å². The van der Waals surface area contributed by atoms with Crippen LogP contribution in [0.5, 0.6) is 5.75 Å². The molecule has 0 saturated carbocycles. The SMILES string of the molecule is CCCOc1ccc(CC(CC)C(=O)O)cc1CC(=O)Nc1ccc(C)cc1F. The van der Waals surface area contributed by atoms with Gasteiger partial charge in [0.1, 0.15) is 11.6 Å². The highest BCUT2D eigenvalue weighted by atomic mass is 19.1. The summed E-state index contributed by atoms with van der Waals surface area (Å²) in [5.41, 5.74) is 2.38. The molecule has 0 fully saturated rings. The summed E-state index contributed by atoms with van der Waals surface area (Å²) in [4.78, 5) is 23.9. The molecule has 2 aromatic rings. The Labute approximate surface area is 170 Å². The maximum atomic E-state index is 14.0. The van der Waals surface area contributed by atoms with Crippen LogP contribution in [0.15, 0.2) is 36.4 Å². The van der Waals surface area contributed by atoms with Crippen LogP contribution in [-0.4, -0.2) is 23.6 Å². The molecule has 0 aliphatic rings. The van der Waals surface area contributed by atoms with Gasteiger partial charge in [-0.3, -0.25) is 9.59 Å². The molecular weight excluding hydrogens is 373 g/mol. The van der Waals surface area contributed by atoms with Crippen molar-refractivity contribution in [2.24, 2.45) is 5.92 Å². The summed E-state index contributed by atoms with van der Waals surface area (Å²) >= 11 is 0. The van der Waals surface area contributed by atoms with Crippen LogP contribution >= 0.6 is 0 Å². The summed E-state index contributed by atoms with van der Waals surface area (Å²) in [5.74, 6) is -1.59. The standard InChI is InChI=1S/C23H28FNO4/c1-4-10-29-21-9-7-16(12-17(5-2)23(27)28)13-18(21)14-22(26)25-20-8-6-15(3)11-19(20)24/h6-9,11,13,17H,4-5,10,12,14H2,1-3H3,(H,25,26)(H,27,28). The number of benzene rings is 2. The van der Waals surface area contributed by atoms with E-state index >= 15 is 0 Å². The van der Waals surface area contributed by atoms with Gasteiger partial charge in [0.2, 0.25) is 5.91 Å². The second kappa shape index (κ2) is 10.6. The van der Waals surface area contributed by atoms with E-state index < -0.39 is 17.7 Å². The number of anilines is 1. The molecule has 0 heterocycles. The number of carbonyl (C=O) groups is 2. The van der Waals surface area contributed by atoms with E-state index in [0.29, 0.717) is 30.8 Å². The third kappa shape index (κ3) is 6.59. The Balaban J connectivity index is 2.21. The zero-order chi connectivity index (χ0) is 21.4. The van der Waals surface area contributed by atoms with E-state index in [1.807, 2.05) is 26.0 Å². The Hall–Kier alpha value is -2.89. The smallest absolute Gasteiger partial charge is 0.306 e. The lowest BCUT2D eigenvalue weighted by Gasteiger charge is -2.15. The minimum Gasteiger partial charge on any atom is -0.493 e. The molecule has 2 N–H and O–H groups in total. The van der Waals surface area contributed by atoms with E-state index in [1.165, 1.54) is 12.1 Å². The van der Waals surface area contributed by atoms with Gasteiger partial charge in [-0.15, -0.1) is 0 Å². The fourth-order valence-corrected chi connectivity index (χ4v) is 3.03. The Bertz CT molecular complexity index is 866. The van der Waals surface area contributed by atoms with Crippen molar-refractivity contribution in [1.82, 2.24) is 0 Å². The topological polar surface area (TPSA) is 75.6 Å². The van der Waals surface area contributed by atoms with Gasteiger partial charge in [0, 0.05) is 5.56 Å². The van der Waals surface area contributed by atoms with E-state index in [0.717, 1.165) is 17.5 Å². The Morgan fingerprint density at radius 3 is 2.55 bits per heavy atom. The number of aryl methyl sites for hydroxylation is 1. The zero-order valence-electron chi connectivity index (χ0n) is 17.1. The maximum Gasteiger partial charge on any atom is 0.306 e. The van der Waals surface area contributed by atoms with Crippen molar-refractivity contribution in [1.29, 1.82) is 0 Å².